The number of rotatable bonds is 8. The third-order valence-corrected chi connectivity index (χ3v) is 4.58. The quantitative estimate of drug-likeness (QED) is 0.579. The Morgan fingerprint density at radius 3 is 2.11 bits per heavy atom. The molecule has 28 heavy (non-hydrogen) atoms. The van der Waals surface area contributed by atoms with Crippen molar-refractivity contribution in [3.63, 3.8) is 0 Å². The van der Waals surface area contributed by atoms with Gasteiger partial charge in [0, 0.05) is 16.8 Å². The largest absolute Gasteiger partial charge is 0.388 e. The summed E-state index contributed by atoms with van der Waals surface area (Å²) < 4.78 is 0. The second-order valence-electron chi connectivity index (χ2n) is 6.65. The molecule has 0 aliphatic rings. The van der Waals surface area contributed by atoms with E-state index >= 15 is 0 Å². The van der Waals surface area contributed by atoms with Gasteiger partial charge in [0.05, 0.1) is 0 Å². The van der Waals surface area contributed by atoms with E-state index in [1.165, 1.54) is 11.1 Å². The number of amides is 1. The number of Topliss-reactive ketones (excluding diaryl/α,β-unsaturated/α-hetero) is 1. The predicted molar refractivity (Wildman–Crippen MR) is 111 cm³/mol. The first-order valence-corrected chi connectivity index (χ1v) is 9.34. The van der Waals surface area contributed by atoms with Gasteiger partial charge >= 0.3 is 0 Å². The van der Waals surface area contributed by atoms with Gasteiger partial charge < -0.3 is 10.4 Å². The topological polar surface area (TPSA) is 66.4 Å². The number of anilines is 1. The third kappa shape index (κ3) is 5.38. The van der Waals surface area contributed by atoms with E-state index in [0.717, 1.165) is 19.3 Å². The zero-order valence-electron chi connectivity index (χ0n) is 15.6. The van der Waals surface area contributed by atoms with Crippen LogP contribution in [0.4, 0.5) is 5.69 Å². The third-order valence-electron chi connectivity index (χ3n) is 4.58. The molecule has 0 aliphatic carbocycles. The maximum absolute atomic E-state index is 12.4. The summed E-state index contributed by atoms with van der Waals surface area (Å²) in [6.45, 7) is -0.552. The summed E-state index contributed by atoms with van der Waals surface area (Å²) in [4.78, 5) is 24.0. The Hall–Kier alpha value is -3.24. The van der Waals surface area contributed by atoms with E-state index in [1.807, 2.05) is 30.3 Å². The van der Waals surface area contributed by atoms with Crippen molar-refractivity contribution in [2.24, 2.45) is 0 Å². The van der Waals surface area contributed by atoms with Gasteiger partial charge in [-0.3, -0.25) is 9.59 Å². The summed E-state index contributed by atoms with van der Waals surface area (Å²) in [6, 6.07) is 24.5. The maximum atomic E-state index is 12.4. The summed E-state index contributed by atoms with van der Waals surface area (Å²) in [5.41, 5.74) is 3.99. The molecule has 0 heterocycles. The first kappa shape index (κ1) is 19.5. The molecule has 0 saturated heterocycles. The smallest absolute Gasteiger partial charge is 0.255 e. The summed E-state index contributed by atoms with van der Waals surface area (Å²) >= 11 is 0. The van der Waals surface area contributed by atoms with Crippen LogP contribution >= 0.6 is 0 Å². The van der Waals surface area contributed by atoms with Gasteiger partial charge in [0.25, 0.3) is 5.91 Å². The average Bonchev–Trinajstić information content (AvgIpc) is 2.74. The van der Waals surface area contributed by atoms with Gasteiger partial charge in [0.1, 0.15) is 6.61 Å². The van der Waals surface area contributed by atoms with Gasteiger partial charge in [-0.2, -0.15) is 0 Å². The number of ketones is 1. The second kappa shape index (κ2) is 9.62. The Bertz CT molecular complexity index is 934. The molecule has 2 N–H and O–H groups in total. The molecule has 3 aromatic rings. The Morgan fingerprint density at radius 2 is 1.43 bits per heavy atom. The van der Waals surface area contributed by atoms with E-state index in [-0.39, 0.29) is 11.7 Å². The van der Waals surface area contributed by atoms with Crippen LogP contribution < -0.4 is 5.32 Å². The summed E-state index contributed by atoms with van der Waals surface area (Å²) in [5.74, 6) is -0.611. The lowest BCUT2D eigenvalue weighted by Crippen LogP contribution is -2.13. The number of hydrogen-bond donors (Lipinski definition) is 2. The highest BCUT2D eigenvalue weighted by Gasteiger charge is 2.09. The zero-order valence-corrected chi connectivity index (χ0v) is 15.6. The predicted octanol–water partition coefficient (Wildman–Crippen LogP) is 4.29. The minimum atomic E-state index is -0.552. The number of carbonyl (C=O) groups excluding carboxylic acids is 2. The second-order valence-corrected chi connectivity index (χ2v) is 6.65. The molecule has 0 aromatic heterocycles. The van der Waals surface area contributed by atoms with Crippen molar-refractivity contribution in [2.75, 3.05) is 11.9 Å². The van der Waals surface area contributed by atoms with Gasteiger partial charge in [-0.15, -0.1) is 0 Å². The van der Waals surface area contributed by atoms with Crippen LogP contribution in [-0.4, -0.2) is 23.4 Å². The molecule has 142 valence electrons. The summed E-state index contributed by atoms with van der Waals surface area (Å²) in [7, 11) is 0. The van der Waals surface area contributed by atoms with Gasteiger partial charge in [0.15, 0.2) is 5.78 Å². The molecule has 0 unspecified atom stereocenters. The van der Waals surface area contributed by atoms with E-state index in [4.69, 9.17) is 5.11 Å². The van der Waals surface area contributed by atoms with Gasteiger partial charge in [-0.25, -0.2) is 0 Å². The van der Waals surface area contributed by atoms with Crippen LogP contribution in [0.25, 0.3) is 0 Å². The standard InChI is InChI=1S/C24H23NO3/c26-17-23(27)21-10-5-11-22(16-21)25-24(28)20-14-12-19(13-15-20)9-4-8-18-6-2-1-3-7-18/h1-3,5-7,10-16,26H,4,8-9,17H2,(H,25,28). The number of aryl methyl sites for hydroxylation is 2. The number of carbonyl (C=O) groups is 2. The van der Waals surface area contributed by atoms with E-state index in [2.05, 4.69) is 29.6 Å². The number of hydrogen-bond acceptors (Lipinski definition) is 3. The molecule has 3 rings (SSSR count). The van der Waals surface area contributed by atoms with Crippen molar-refractivity contribution < 1.29 is 14.7 Å². The summed E-state index contributed by atoms with van der Waals surface area (Å²) in [6.07, 6.45) is 3.05. The minimum Gasteiger partial charge on any atom is -0.388 e. The van der Waals surface area contributed by atoms with Crippen LogP contribution in [0.15, 0.2) is 78.9 Å². The maximum Gasteiger partial charge on any atom is 0.255 e. The van der Waals surface area contributed by atoms with Crippen LogP contribution in [0.3, 0.4) is 0 Å². The molecule has 0 atom stereocenters. The lowest BCUT2D eigenvalue weighted by Gasteiger charge is -2.08. The molecule has 4 heteroatoms. The zero-order chi connectivity index (χ0) is 19.8. The lowest BCUT2D eigenvalue weighted by molar-refractivity contribution is 0.0903. The van der Waals surface area contributed by atoms with Crippen molar-refractivity contribution >= 4 is 17.4 Å². The molecule has 4 nitrogen and oxygen atoms in total. The Morgan fingerprint density at radius 1 is 0.750 bits per heavy atom. The van der Waals surface area contributed by atoms with Crippen LogP contribution in [0.5, 0.6) is 0 Å². The van der Waals surface area contributed by atoms with Crippen molar-refractivity contribution in [1.82, 2.24) is 0 Å². The molecule has 0 bridgehead atoms. The van der Waals surface area contributed by atoms with E-state index in [1.54, 1.807) is 24.3 Å². The number of nitrogens with one attached hydrogen (secondary N) is 1. The molecule has 1 amide bonds. The van der Waals surface area contributed by atoms with Crippen molar-refractivity contribution in [3.05, 3.63) is 101 Å². The molecule has 0 aliphatic heterocycles. The Labute approximate surface area is 164 Å². The highest BCUT2D eigenvalue weighted by Crippen LogP contribution is 2.14. The molecule has 0 saturated carbocycles. The number of aliphatic hydroxyl groups is 1. The fraction of sp³-hybridized carbons (Fsp3) is 0.167. The monoisotopic (exact) mass is 373 g/mol. The molecular formula is C24H23NO3. The molecule has 0 spiro atoms. The first-order valence-electron chi connectivity index (χ1n) is 9.34. The normalized spacial score (nSPS) is 10.5. The lowest BCUT2D eigenvalue weighted by atomic mass is 10.0. The van der Waals surface area contributed by atoms with Gasteiger partial charge in [-0.1, -0.05) is 54.6 Å². The highest BCUT2D eigenvalue weighted by atomic mass is 16.3. The average molecular weight is 373 g/mol. The van der Waals surface area contributed by atoms with Crippen molar-refractivity contribution in [3.8, 4) is 0 Å². The fourth-order valence-electron chi connectivity index (χ4n) is 3.03. The van der Waals surface area contributed by atoms with Gasteiger partial charge in [-0.05, 0) is 54.7 Å². The van der Waals surface area contributed by atoms with Crippen molar-refractivity contribution in [1.29, 1.82) is 0 Å². The Kier molecular flexibility index (Phi) is 6.71. The van der Waals surface area contributed by atoms with Gasteiger partial charge in [0.2, 0.25) is 0 Å². The van der Waals surface area contributed by atoms with E-state index < -0.39 is 6.61 Å². The highest BCUT2D eigenvalue weighted by molar-refractivity contribution is 6.05. The fourth-order valence-corrected chi connectivity index (χ4v) is 3.03. The SMILES string of the molecule is O=C(CO)c1cccc(NC(=O)c2ccc(CCCc3ccccc3)cc2)c1. The van der Waals surface area contributed by atoms with Crippen LogP contribution in [-0.2, 0) is 12.8 Å². The van der Waals surface area contributed by atoms with Crippen LogP contribution in [0.2, 0.25) is 0 Å². The number of aliphatic hydroxyl groups excluding tert-OH is 1. The van der Waals surface area contributed by atoms with Crippen molar-refractivity contribution in [2.45, 2.75) is 19.3 Å². The first-order chi connectivity index (χ1) is 13.7. The number of benzene rings is 3. The minimum absolute atomic E-state index is 0.232. The molecule has 0 fully saturated rings. The Balaban J connectivity index is 1.55. The van der Waals surface area contributed by atoms with E-state index in [9.17, 15) is 9.59 Å². The molecule has 3 aromatic carbocycles. The van der Waals surface area contributed by atoms with Crippen LogP contribution in [0, 0.1) is 0 Å². The van der Waals surface area contributed by atoms with E-state index in [0.29, 0.717) is 16.8 Å². The molecular weight excluding hydrogens is 350 g/mol. The van der Waals surface area contributed by atoms with Crippen LogP contribution in [0.1, 0.15) is 38.3 Å². The molecule has 0 radical (unpaired) electrons. The summed E-state index contributed by atoms with van der Waals surface area (Å²) in [5, 5.41) is 11.7.